The highest BCUT2D eigenvalue weighted by Crippen LogP contribution is 1.47. The van der Waals surface area contributed by atoms with Crippen LogP contribution in [0.25, 0.3) is 0 Å². The van der Waals surface area contributed by atoms with E-state index in [1.807, 2.05) is 0 Å². The Morgan fingerprint density at radius 1 is 1.33 bits per heavy atom. The zero-order valence-corrected chi connectivity index (χ0v) is 4.75. The average molecular weight is 115 g/mol. The molecule has 0 spiro atoms. The molecule has 0 aliphatic heterocycles. The normalized spacial score (nSPS) is 5.83. The molecule has 6 heavy (non-hydrogen) atoms. The van der Waals surface area contributed by atoms with E-state index in [0.717, 1.165) is 0 Å². The van der Waals surface area contributed by atoms with Crippen LogP contribution in [0.1, 0.15) is 0 Å². The van der Waals surface area contributed by atoms with E-state index in [-0.39, 0.29) is 10.9 Å². The van der Waals surface area contributed by atoms with Crippen molar-refractivity contribution in [1.29, 1.82) is 0 Å². The first-order chi connectivity index (χ1) is 1.73. The summed E-state index contributed by atoms with van der Waals surface area (Å²) in [6.45, 7) is 0. The highest BCUT2D eigenvalue weighted by Gasteiger charge is 1.57. The van der Waals surface area contributed by atoms with Gasteiger partial charge in [-0.2, -0.15) is 0 Å². The van der Waals surface area contributed by atoms with Crippen molar-refractivity contribution in [2.45, 2.75) is 0 Å². The van der Waals surface area contributed by atoms with Gasteiger partial charge >= 0.3 is 0 Å². The summed E-state index contributed by atoms with van der Waals surface area (Å²) in [4.78, 5) is 0. The van der Waals surface area contributed by atoms with Crippen molar-refractivity contribution in [3.8, 4) is 0 Å². The minimum Gasteiger partial charge on any atom is -0.344 e. The fourth-order valence-electron chi connectivity index (χ4n) is 0. The molecule has 0 aromatic carbocycles. The third kappa shape index (κ3) is 23300. The lowest BCUT2D eigenvalue weighted by Crippen LogP contribution is -1.70. The second kappa shape index (κ2) is 8.90. The second-order valence-corrected chi connectivity index (χ2v) is 2.22. The summed E-state index contributed by atoms with van der Waals surface area (Å²) in [5.41, 5.74) is 0. The van der Waals surface area contributed by atoms with E-state index in [1.54, 1.807) is 12.5 Å². The molecule has 3 N–H and O–H groups in total. The highest BCUT2D eigenvalue weighted by molar-refractivity contribution is 7.83. The number of halogens is 1. The summed E-state index contributed by atoms with van der Waals surface area (Å²) in [6, 6.07) is 0. The van der Waals surface area contributed by atoms with Gasteiger partial charge in [0.15, 0.2) is 0 Å². The van der Waals surface area contributed by atoms with Crippen LogP contribution in [0, 0.1) is 0 Å². The molecule has 0 saturated heterocycles. The van der Waals surface area contributed by atoms with Crippen molar-refractivity contribution >= 4 is 10.8 Å². The molecule has 0 heterocycles. The van der Waals surface area contributed by atoms with Gasteiger partial charge in [-0.15, -0.1) is 0 Å². The predicted octanol–water partition coefficient (Wildman–Crippen LogP) is 0.309. The Morgan fingerprint density at radius 3 is 1.33 bits per heavy atom. The molecule has 2 nitrogen and oxygen atoms in total. The Morgan fingerprint density at radius 2 is 1.33 bits per heavy atom. The maximum Gasteiger partial charge on any atom is 0.0148 e. The maximum atomic E-state index is 9.56. The van der Waals surface area contributed by atoms with Crippen LogP contribution in [0.4, 0.5) is 4.70 Å². The van der Waals surface area contributed by atoms with Gasteiger partial charge < -0.3 is 6.15 Å². The van der Waals surface area contributed by atoms with Crippen molar-refractivity contribution in [2.24, 2.45) is 0 Å². The van der Waals surface area contributed by atoms with Crippen LogP contribution in [0.2, 0.25) is 0 Å². The zero-order chi connectivity index (χ0) is 3.58. The van der Waals surface area contributed by atoms with Crippen LogP contribution < -0.4 is 6.15 Å². The van der Waals surface area contributed by atoms with Gasteiger partial charge in [0.1, 0.15) is 0 Å². The third-order valence-corrected chi connectivity index (χ3v) is 0. The lowest BCUT2D eigenvalue weighted by molar-refractivity contribution is 0.690. The van der Waals surface area contributed by atoms with Crippen LogP contribution >= 0.6 is 0 Å². The molecule has 0 aromatic rings. The van der Waals surface area contributed by atoms with Crippen molar-refractivity contribution in [2.75, 3.05) is 12.5 Å². The van der Waals surface area contributed by atoms with Crippen LogP contribution in [0.15, 0.2) is 0 Å². The fourth-order valence-corrected chi connectivity index (χ4v) is 0. The van der Waals surface area contributed by atoms with Gasteiger partial charge in [-0.3, -0.25) is 8.91 Å². The fraction of sp³-hybridized carbons (Fsp3) is 1.00. The number of hydrogen-bond acceptors (Lipinski definition) is 2. The number of hydrogen-bond donors (Lipinski definition) is 1. The molecule has 0 bridgehead atoms. The molecule has 0 aromatic heterocycles. The first-order valence-corrected chi connectivity index (χ1v) is 2.95. The summed E-state index contributed by atoms with van der Waals surface area (Å²) in [7, 11) is -0.611. The molecule has 0 atom stereocenters. The van der Waals surface area contributed by atoms with E-state index < -0.39 is 10.8 Å². The molecule has 42 valence electrons. The molecule has 0 aliphatic carbocycles. The molecule has 0 radical (unpaired) electrons. The van der Waals surface area contributed by atoms with Gasteiger partial charge in [0, 0.05) is 23.3 Å². The summed E-state index contributed by atoms with van der Waals surface area (Å²) in [5, 5.41) is 0. The van der Waals surface area contributed by atoms with Crippen LogP contribution in [0.5, 0.6) is 0 Å². The van der Waals surface area contributed by atoms with E-state index in [2.05, 4.69) is 0 Å². The molecule has 0 unspecified atom stereocenters. The van der Waals surface area contributed by atoms with Crippen molar-refractivity contribution in [3.05, 3.63) is 0 Å². The van der Waals surface area contributed by atoms with Crippen molar-refractivity contribution in [1.82, 2.24) is 6.15 Å². The molecule has 0 rings (SSSR count). The lowest BCUT2D eigenvalue weighted by Gasteiger charge is -1.60. The van der Waals surface area contributed by atoms with Gasteiger partial charge in [0.05, 0.1) is 0 Å². The van der Waals surface area contributed by atoms with Gasteiger partial charge in [0.25, 0.3) is 0 Å². The van der Waals surface area contributed by atoms with Crippen molar-refractivity contribution in [3.63, 3.8) is 0 Å². The Balaban J connectivity index is -0.0000000450. The molecular weight excluding hydrogens is 105 g/mol. The predicted molar refractivity (Wildman–Crippen MR) is 27.5 cm³/mol. The molecule has 0 amide bonds. The Bertz CT molecular complexity index is 36.5. The van der Waals surface area contributed by atoms with Gasteiger partial charge in [-0.05, 0) is 0 Å². The summed E-state index contributed by atoms with van der Waals surface area (Å²) >= 11 is 0. The van der Waals surface area contributed by atoms with Crippen LogP contribution in [-0.4, -0.2) is 16.7 Å². The molecular formula is C2H10FNOS. The molecule has 0 aliphatic rings. The smallest absolute Gasteiger partial charge is 0.0148 e. The first-order valence-electron chi connectivity index (χ1n) is 0.983. The average Bonchev–Trinajstić information content (AvgIpc) is 0.811. The summed E-state index contributed by atoms with van der Waals surface area (Å²) in [6.07, 6.45) is 3.28. The summed E-state index contributed by atoms with van der Waals surface area (Å²) in [5.74, 6) is 0. The quantitative estimate of drug-likeness (QED) is 0.494. The first kappa shape index (κ1) is 16.6. The minimum absolute atomic E-state index is 0. The second-order valence-electron chi connectivity index (χ2n) is 0.742. The SMILES string of the molecule is CS(C)=O.F.N. The zero-order valence-electron chi connectivity index (χ0n) is 3.93. The van der Waals surface area contributed by atoms with Gasteiger partial charge in [-0.1, -0.05) is 0 Å². The monoisotopic (exact) mass is 115 g/mol. The standard InChI is InChI=1S/C2H6OS.FH.H3N/c1-4(2)3;;/h1-2H3;1H;1H3. The van der Waals surface area contributed by atoms with E-state index in [1.165, 1.54) is 0 Å². The van der Waals surface area contributed by atoms with E-state index in [4.69, 9.17) is 0 Å². The lowest BCUT2D eigenvalue weighted by atomic mass is 11.9. The number of rotatable bonds is 0. The Kier molecular flexibility index (Phi) is 24.6. The summed E-state index contributed by atoms with van der Waals surface area (Å²) < 4.78 is 9.56. The molecule has 0 fully saturated rings. The Labute approximate surface area is 39.3 Å². The minimum atomic E-state index is -0.611. The van der Waals surface area contributed by atoms with Crippen LogP contribution in [0.3, 0.4) is 0 Å². The van der Waals surface area contributed by atoms with Gasteiger partial charge in [-0.25, -0.2) is 0 Å². The topological polar surface area (TPSA) is 52.1 Å². The Hall–Kier alpha value is 0.0400. The third-order valence-electron chi connectivity index (χ3n) is 0. The maximum absolute atomic E-state index is 9.56. The van der Waals surface area contributed by atoms with Crippen LogP contribution in [-0.2, 0) is 10.8 Å². The van der Waals surface area contributed by atoms with Crippen molar-refractivity contribution < 1.29 is 8.91 Å². The van der Waals surface area contributed by atoms with E-state index >= 15 is 0 Å². The van der Waals surface area contributed by atoms with Gasteiger partial charge in [0.2, 0.25) is 0 Å². The highest BCUT2D eigenvalue weighted by atomic mass is 32.2. The largest absolute Gasteiger partial charge is 0.344 e. The van der Waals surface area contributed by atoms with E-state index in [0.29, 0.717) is 0 Å². The molecule has 0 saturated carbocycles. The molecule has 4 heteroatoms. The van der Waals surface area contributed by atoms with E-state index in [9.17, 15) is 4.21 Å².